The Labute approximate surface area is 146 Å². The summed E-state index contributed by atoms with van der Waals surface area (Å²) in [4.78, 5) is 16.8. The number of amides is 2. The standard InChI is InChI=1S/C18H35N3O3/c1-4-20(15-17(2,3)23)16(22)19-14-18(8-6-5-7-9-18)21-10-12-24-13-11-21/h23H,4-15H2,1-3H3,(H,19,22). The molecule has 0 aromatic rings. The van der Waals surface area contributed by atoms with Crippen molar-refractivity contribution in [3.05, 3.63) is 0 Å². The molecule has 1 saturated carbocycles. The zero-order chi connectivity index (χ0) is 17.6. The smallest absolute Gasteiger partial charge is 0.317 e. The van der Waals surface area contributed by atoms with Gasteiger partial charge in [-0.1, -0.05) is 19.3 Å². The summed E-state index contributed by atoms with van der Waals surface area (Å²) in [5, 5.41) is 13.2. The van der Waals surface area contributed by atoms with Gasteiger partial charge in [0.2, 0.25) is 0 Å². The number of morpholine rings is 1. The summed E-state index contributed by atoms with van der Waals surface area (Å²) in [5.74, 6) is 0. The van der Waals surface area contributed by atoms with Crippen LogP contribution in [0.1, 0.15) is 52.9 Å². The van der Waals surface area contributed by atoms with Crippen LogP contribution in [0.3, 0.4) is 0 Å². The molecule has 0 aromatic heterocycles. The van der Waals surface area contributed by atoms with Crippen molar-refractivity contribution in [1.29, 1.82) is 0 Å². The molecule has 0 atom stereocenters. The molecule has 6 nitrogen and oxygen atoms in total. The molecule has 2 aliphatic rings. The van der Waals surface area contributed by atoms with Gasteiger partial charge in [0, 0.05) is 31.7 Å². The summed E-state index contributed by atoms with van der Waals surface area (Å²) in [6.07, 6.45) is 6.04. The molecular formula is C18H35N3O3. The number of hydrogen-bond donors (Lipinski definition) is 2. The van der Waals surface area contributed by atoms with Crippen molar-refractivity contribution in [2.24, 2.45) is 0 Å². The van der Waals surface area contributed by atoms with Crippen molar-refractivity contribution in [2.45, 2.75) is 64.0 Å². The van der Waals surface area contributed by atoms with Crippen LogP contribution in [-0.2, 0) is 4.74 Å². The highest BCUT2D eigenvalue weighted by Crippen LogP contribution is 2.33. The van der Waals surface area contributed by atoms with Gasteiger partial charge in [0.25, 0.3) is 0 Å². The molecule has 2 fully saturated rings. The molecule has 6 heteroatoms. The average molecular weight is 341 g/mol. The van der Waals surface area contributed by atoms with Crippen molar-refractivity contribution in [1.82, 2.24) is 15.1 Å². The number of carbonyl (C=O) groups excluding carboxylic acids is 1. The normalized spacial score (nSPS) is 22.2. The molecule has 1 heterocycles. The maximum absolute atomic E-state index is 12.6. The maximum Gasteiger partial charge on any atom is 0.317 e. The Hall–Kier alpha value is -0.850. The molecule has 0 spiro atoms. The van der Waals surface area contributed by atoms with Gasteiger partial charge in [0.1, 0.15) is 0 Å². The van der Waals surface area contributed by atoms with Gasteiger partial charge in [-0.3, -0.25) is 4.90 Å². The van der Waals surface area contributed by atoms with Crippen molar-refractivity contribution in [2.75, 3.05) is 45.9 Å². The average Bonchev–Trinajstić information content (AvgIpc) is 2.58. The summed E-state index contributed by atoms with van der Waals surface area (Å²) in [5.41, 5.74) is -0.800. The lowest BCUT2D eigenvalue weighted by atomic mass is 9.80. The summed E-state index contributed by atoms with van der Waals surface area (Å²) in [7, 11) is 0. The highest BCUT2D eigenvalue weighted by Gasteiger charge is 2.39. The summed E-state index contributed by atoms with van der Waals surface area (Å²) in [6, 6.07) is -0.0715. The highest BCUT2D eigenvalue weighted by atomic mass is 16.5. The zero-order valence-corrected chi connectivity index (χ0v) is 15.6. The van der Waals surface area contributed by atoms with Crippen LogP contribution in [0, 0.1) is 0 Å². The van der Waals surface area contributed by atoms with E-state index in [0.29, 0.717) is 19.6 Å². The first-order valence-electron chi connectivity index (χ1n) is 9.44. The van der Waals surface area contributed by atoms with Gasteiger partial charge in [-0.05, 0) is 33.6 Å². The monoisotopic (exact) mass is 341 g/mol. The number of rotatable bonds is 6. The van der Waals surface area contributed by atoms with Gasteiger partial charge in [-0.2, -0.15) is 0 Å². The number of carbonyl (C=O) groups is 1. The van der Waals surface area contributed by atoms with Crippen LogP contribution in [0.15, 0.2) is 0 Å². The first-order chi connectivity index (χ1) is 11.4. The molecule has 1 saturated heterocycles. The Bertz CT molecular complexity index is 397. The van der Waals surface area contributed by atoms with Gasteiger partial charge in [-0.15, -0.1) is 0 Å². The van der Waals surface area contributed by atoms with Crippen LogP contribution < -0.4 is 5.32 Å². The molecule has 0 unspecified atom stereocenters. The van der Waals surface area contributed by atoms with Gasteiger partial charge in [-0.25, -0.2) is 4.79 Å². The molecule has 1 aliphatic carbocycles. The van der Waals surface area contributed by atoms with E-state index in [9.17, 15) is 9.90 Å². The molecule has 1 aliphatic heterocycles. The van der Waals surface area contributed by atoms with Crippen molar-refractivity contribution in [3.8, 4) is 0 Å². The fourth-order valence-electron chi connectivity index (χ4n) is 4.00. The van der Waals surface area contributed by atoms with E-state index in [0.717, 1.165) is 39.1 Å². The summed E-state index contributed by atoms with van der Waals surface area (Å²) >= 11 is 0. The molecule has 140 valence electrons. The van der Waals surface area contributed by atoms with Gasteiger partial charge < -0.3 is 20.1 Å². The van der Waals surface area contributed by atoms with E-state index in [1.54, 1.807) is 18.7 Å². The fourth-order valence-corrected chi connectivity index (χ4v) is 4.00. The largest absolute Gasteiger partial charge is 0.389 e. The zero-order valence-electron chi connectivity index (χ0n) is 15.6. The van der Waals surface area contributed by atoms with E-state index < -0.39 is 5.60 Å². The quantitative estimate of drug-likeness (QED) is 0.773. The fraction of sp³-hybridized carbons (Fsp3) is 0.944. The number of likely N-dealkylation sites (N-methyl/N-ethyl adjacent to an activating group) is 1. The Morgan fingerprint density at radius 2 is 1.88 bits per heavy atom. The first-order valence-corrected chi connectivity index (χ1v) is 9.44. The lowest BCUT2D eigenvalue weighted by Crippen LogP contribution is -2.60. The number of ether oxygens (including phenoxy) is 1. The number of urea groups is 1. The number of hydrogen-bond acceptors (Lipinski definition) is 4. The van der Waals surface area contributed by atoms with Gasteiger partial charge in [0.15, 0.2) is 0 Å². The summed E-state index contributed by atoms with van der Waals surface area (Å²) in [6.45, 7) is 10.5. The van der Waals surface area contributed by atoms with Crippen LogP contribution in [-0.4, -0.2) is 78.0 Å². The number of nitrogens with one attached hydrogen (secondary N) is 1. The minimum absolute atomic E-state index is 0.0715. The second-order valence-corrected chi connectivity index (χ2v) is 7.87. The van der Waals surface area contributed by atoms with Crippen molar-refractivity contribution >= 4 is 6.03 Å². The molecule has 2 N–H and O–H groups in total. The Morgan fingerprint density at radius 1 is 1.25 bits per heavy atom. The van der Waals surface area contributed by atoms with E-state index in [4.69, 9.17) is 4.74 Å². The van der Waals surface area contributed by atoms with Gasteiger partial charge >= 0.3 is 6.03 Å². The number of aliphatic hydroxyl groups is 1. The van der Waals surface area contributed by atoms with E-state index in [2.05, 4.69) is 10.2 Å². The highest BCUT2D eigenvalue weighted by molar-refractivity contribution is 5.74. The molecule has 2 rings (SSSR count). The third-order valence-electron chi connectivity index (χ3n) is 5.28. The van der Waals surface area contributed by atoms with Crippen LogP contribution in [0.2, 0.25) is 0 Å². The minimum atomic E-state index is -0.875. The molecule has 0 aromatic carbocycles. The molecular weight excluding hydrogens is 306 g/mol. The second-order valence-electron chi connectivity index (χ2n) is 7.87. The lowest BCUT2D eigenvalue weighted by molar-refractivity contribution is -0.0362. The Kier molecular flexibility index (Phi) is 6.89. The van der Waals surface area contributed by atoms with Crippen molar-refractivity contribution < 1.29 is 14.6 Å². The second kappa shape index (κ2) is 8.50. The molecule has 2 amide bonds. The van der Waals surface area contributed by atoms with E-state index >= 15 is 0 Å². The van der Waals surface area contributed by atoms with Crippen LogP contribution in [0.4, 0.5) is 4.79 Å². The molecule has 0 radical (unpaired) electrons. The van der Waals surface area contributed by atoms with E-state index in [1.807, 2.05) is 6.92 Å². The van der Waals surface area contributed by atoms with E-state index in [1.165, 1.54) is 19.3 Å². The number of nitrogens with zero attached hydrogens (tertiary/aromatic N) is 2. The third-order valence-corrected chi connectivity index (χ3v) is 5.28. The first kappa shape index (κ1) is 19.5. The van der Waals surface area contributed by atoms with Crippen molar-refractivity contribution in [3.63, 3.8) is 0 Å². The van der Waals surface area contributed by atoms with Gasteiger partial charge in [0.05, 0.1) is 25.4 Å². The summed E-state index contributed by atoms with van der Waals surface area (Å²) < 4.78 is 5.51. The predicted molar refractivity (Wildman–Crippen MR) is 95.2 cm³/mol. The topological polar surface area (TPSA) is 65.0 Å². The van der Waals surface area contributed by atoms with Crippen LogP contribution >= 0.6 is 0 Å². The molecule has 24 heavy (non-hydrogen) atoms. The van der Waals surface area contributed by atoms with E-state index in [-0.39, 0.29) is 11.6 Å². The predicted octanol–water partition coefficient (Wildman–Crippen LogP) is 1.82. The lowest BCUT2D eigenvalue weighted by Gasteiger charge is -2.48. The Balaban J connectivity index is 1.97. The van der Waals surface area contributed by atoms with Crippen LogP contribution in [0.25, 0.3) is 0 Å². The third kappa shape index (κ3) is 5.33. The van der Waals surface area contributed by atoms with Crippen LogP contribution in [0.5, 0.6) is 0 Å². The Morgan fingerprint density at radius 3 is 2.42 bits per heavy atom. The minimum Gasteiger partial charge on any atom is -0.389 e. The molecule has 0 bridgehead atoms. The SMILES string of the molecule is CCN(CC(C)(C)O)C(=O)NCC1(N2CCOCC2)CCCCC1. The maximum atomic E-state index is 12.6.